The smallest absolute Gasteiger partial charge is 0.363 e. The summed E-state index contributed by atoms with van der Waals surface area (Å²) in [6.07, 6.45) is 1.68. The van der Waals surface area contributed by atoms with Crippen molar-refractivity contribution in [1.29, 1.82) is 0 Å². The van der Waals surface area contributed by atoms with Crippen LogP contribution in [0.15, 0.2) is 81.9 Å². The van der Waals surface area contributed by atoms with Gasteiger partial charge >= 0.3 is 5.97 Å². The quantitative estimate of drug-likeness (QED) is 0.189. The van der Waals surface area contributed by atoms with Crippen molar-refractivity contribution < 1.29 is 14.3 Å². The van der Waals surface area contributed by atoms with Gasteiger partial charge in [0.15, 0.2) is 5.70 Å². The molecule has 0 atom stereocenters. The minimum absolute atomic E-state index is 0.212. The molecule has 7 heteroatoms. The molecule has 150 valence electrons. The molecule has 0 aromatic heterocycles. The standard InChI is InChI=1S/C23H14BrClINO3/c24-16-3-1-2-15(10-16)13-29-18-7-4-14(5-8-18)11-21-23(28)30-22(27-21)19-12-17(26)6-9-20(19)25/h1-12H,13H2/b21-11-. The fourth-order valence-electron chi connectivity index (χ4n) is 2.80. The van der Waals surface area contributed by atoms with Crippen molar-refractivity contribution in [2.24, 2.45) is 4.99 Å². The Balaban J connectivity index is 1.48. The van der Waals surface area contributed by atoms with Gasteiger partial charge in [0.2, 0.25) is 5.90 Å². The molecule has 0 radical (unpaired) electrons. The highest BCUT2D eigenvalue weighted by atomic mass is 127. The molecule has 0 fully saturated rings. The number of hydrogen-bond acceptors (Lipinski definition) is 4. The number of ether oxygens (including phenoxy) is 2. The van der Waals surface area contributed by atoms with Gasteiger partial charge in [-0.05, 0) is 82.3 Å². The second-order valence-corrected chi connectivity index (χ2v) is 9.02. The maximum Gasteiger partial charge on any atom is 0.363 e. The molecule has 0 saturated carbocycles. The van der Waals surface area contributed by atoms with E-state index in [0.29, 0.717) is 17.2 Å². The highest BCUT2D eigenvalue weighted by molar-refractivity contribution is 14.1. The van der Waals surface area contributed by atoms with Crippen molar-refractivity contribution in [2.45, 2.75) is 6.61 Å². The van der Waals surface area contributed by atoms with Gasteiger partial charge in [-0.3, -0.25) is 0 Å². The van der Waals surface area contributed by atoms with Crippen molar-refractivity contribution in [3.8, 4) is 5.75 Å². The Bertz CT molecular complexity index is 1180. The van der Waals surface area contributed by atoms with Crippen LogP contribution in [0, 0.1) is 3.57 Å². The number of nitrogens with zero attached hydrogens (tertiary/aromatic N) is 1. The summed E-state index contributed by atoms with van der Waals surface area (Å²) in [5.74, 6) is 0.444. The average molecular weight is 595 g/mol. The maximum atomic E-state index is 12.2. The van der Waals surface area contributed by atoms with E-state index in [1.165, 1.54) is 0 Å². The van der Waals surface area contributed by atoms with Crippen LogP contribution in [0.2, 0.25) is 5.02 Å². The summed E-state index contributed by atoms with van der Waals surface area (Å²) in [4.78, 5) is 16.6. The number of esters is 1. The first-order valence-electron chi connectivity index (χ1n) is 8.93. The van der Waals surface area contributed by atoms with Crippen LogP contribution in [0.4, 0.5) is 0 Å². The number of cyclic esters (lactones) is 1. The first-order chi connectivity index (χ1) is 14.5. The molecule has 3 aromatic rings. The van der Waals surface area contributed by atoms with Gasteiger partial charge in [0, 0.05) is 8.04 Å². The van der Waals surface area contributed by atoms with Crippen LogP contribution >= 0.6 is 50.1 Å². The Hall–Kier alpha value is -2.16. The third-order valence-corrected chi connectivity index (χ3v) is 5.75. The molecule has 0 spiro atoms. The first-order valence-corrected chi connectivity index (χ1v) is 11.2. The summed E-state index contributed by atoms with van der Waals surface area (Å²) in [5.41, 5.74) is 2.70. The summed E-state index contributed by atoms with van der Waals surface area (Å²) in [6.45, 7) is 0.469. The molecular weight excluding hydrogens is 581 g/mol. The lowest BCUT2D eigenvalue weighted by Crippen LogP contribution is -2.06. The molecule has 4 rings (SSSR count). The van der Waals surface area contributed by atoms with Crippen LogP contribution < -0.4 is 4.74 Å². The van der Waals surface area contributed by atoms with Gasteiger partial charge in [0.25, 0.3) is 0 Å². The normalized spacial score (nSPS) is 14.6. The van der Waals surface area contributed by atoms with Crippen LogP contribution in [0.5, 0.6) is 5.75 Å². The number of carbonyl (C=O) groups is 1. The SMILES string of the molecule is O=C1OC(c2cc(I)ccc2Cl)=N/C1=C\c1ccc(OCc2cccc(Br)c2)cc1. The molecule has 1 aliphatic rings. The lowest BCUT2D eigenvalue weighted by Gasteiger charge is -2.07. The highest BCUT2D eigenvalue weighted by Gasteiger charge is 2.25. The third-order valence-electron chi connectivity index (χ3n) is 4.26. The van der Waals surface area contributed by atoms with Crippen molar-refractivity contribution >= 4 is 68.1 Å². The number of rotatable bonds is 5. The van der Waals surface area contributed by atoms with Gasteiger partial charge in [-0.2, -0.15) is 0 Å². The minimum Gasteiger partial charge on any atom is -0.489 e. The van der Waals surface area contributed by atoms with Crippen LogP contribution in [0.1, 0.15) is 16.7 Å². The predicted octanol–water partition coefficient (Wildman–Crippen LogP) is 6.63. The molecular formula is C23H14BrClINO3. The van der Waals surface area contributed by atoms with Gasteiger partial charge in [0.1, 0.15) is 12.4 Å². The van der Waals surface area contributed by atoms with E-state index in [4.69, 9.17) is 21.1 Å². The molecule has 0 N–H and O–H groups in total. The molecule has 0 aliphatic carbocycles. The predicted molar refractivity (Wildman–Crippen MR) is 130 cm³/mol. The van der Waals surface area contributed by atoms with Gasteiger partial charge in [-0.1, -0.05) is 51.8 Å². The van der Waals surface area contributed by atoms with Gasteiger partial charge in [-0.15, -0.1) is 0 Å². The Morgan fingerprint density at radius 2 is 1.90 bits per heavy atom. The van der Waals surface area contributed by atoms with E-state index in [1.54, 1.807) is 12.1 Å². The summed E-state index contributed by atoms with van der Waals surface area (Å²) >= 11 is 11.8. The lowest BCUT2D eigenvalue weighted by atomic mass is 10.2. The molecule has 1 aliphatic heterocycles. The summed E-state index contributed by atoms with van der Waals surface area (Å²) in [6, 6.07) is 20.9. The second-order valence-electron chi connectivity index (χ2n) is 6.45. The minimum atomic E-state index is -0.505. The molecule has 0 unspecified atom stereocenters. The highest BCUT2D eigenvalue weighted by Crippen LogP contribution is 2.26. The fraction of sp³-hybridized carbons (Fsp3) is 0.0435. The molecule has 1 heterocycles. The van der Waals surface area contributed by atoms with E-state index in [2.05, 4.69) is 43.5 Å². The summed E-state index contributed by atoms with van der Waals surface area (Å²) in [5, 5.41) is 0.482. The first kappa shape index (κ1) is 21.1. The topological polar surface area (TPSA) is 47.9 Å². The fourth-order valence-corrected chi connectivity index (χ4v) is 3.93. The zero-order valence-corrected chi connectivity index (χ0v) is 19.9. The molecule has 3 aromatic carbocycles. The number of aliphatic imine (C=N–C) groups is 1. The second kappa shape index (κ2) is 9.32. The zero-order chi connectivity index (χ0) is 21.1. The van der Waals surface area contributed by atoms with Crippen molar-refractivity contribution in [3.63, 3.8) is 0 Å². The molecule has 0 bridgehead atoms. The monoisotopic (exact) mass is 593 g/mol. The third kappa shape index (κ3) is 5.11. The van der Waals surface area contributed by atoms with E-state index in [-0.39, 0.29) is 11.6 Å². The van der Waals surface area contributed by atoms with Crippen LogP contribution in [-0.2, 0) is 16.1 Å². The van der Waals surface area contributed by atoms with E-state index >= 15 is 0 Å². The molecule has 4 nitrogen and oxygen atoms in total. The van der Waals surface area contributed by atoms with Crippen LogP contribution in [0.3, 0.4) is 0 Å². The zero-order valence-electron chi connectivity index (χ0n) is 15.4. The number of halogens is 3. The van der Waals surface area contributed by atoms with Crippen molar-refractivity contribution in [3.05, 3.63) is 102 Å². The van der Waals surface area contributed by atoms with Crippen molar-refractivity contribution in [1.82, 2.24) is 0 Å². The van der Waals surface area contributed by atoms with Gasteiger partial charge in [0.05, 0.1) is 10.6 Å². The summed E-state index contributed by atoms with van der Waals surface area (Å²) in [7, 11) is 0. The lowest BCUT2D eigenvalue weighted by molar-refractivity contribution is -0.129. The van der Waals surface area contributed by atoms with Crippen LogP contribution in [-0.4, -0.2) is 11.9 Å². The Labute approximate surface area is 200 Å². The number of carbonyl (C=O) groups excluding carboxylic acids is 1. The largest absolute Gasteiger partial charge is 0.489 e. The Morgan fingerprint density at radius 3 is 2.67 bits per heavy atom. The van der Waals surface area contributed by atoms with Crippen molar-refractivity contribution in [2.75, 3.05) is 0 Å². The molecule has 0 saturated heterocycles. The van der Waals surface area contributed by atoms with E-state index in [1.807, 2.05) is 60.7 Å². The molecule has 30 heavy (non-hydrogen) atoms. The van der Waals surface area contributed by atoms with E-state index in [9.17, 15) is 4.79 Å². The van der Waals surface area contributed by atoms with E-state index < -0.39 is 5.97 Å². The maximum absolute atomic E-state index is 12.2. The van der Waals surface area contributed by atoms with Crippen LogP contribution in [0.25, 0.3) is 6.08 Å². The molecule has 0 amide bonds. The number of hydrogen-bond donors (Lipinski definition) is 0. The van der Waals surface area contributed by atoms with E-state index in [0.717, 1.165) is 24.9 Å². The van der Waals surface area contributed by atoms with Gasteiger partial charge < -0.3 is 9.47 Å². The average Bonchev–Trinajstić information content (AvgIpc) is 3.09. The summed E-state index contributed by atoms with van der Waals surface area (Å²) < 4.78 is 13.1. The Morgan fingerprint density at radius 1 is 1.10 bits per heavy atom. The Kier molecular flexibility index (Phi) is 6.55. The van der Waals surface area contributed by atoms with Gasteiger partial charge in [-0.25, -0.2) is 9.79 Å². The number of benzene rings is 3.